The van der Waals surface area contributed by atoms with Crippen LogP contribution in [0, 0.1) is 0 Å². The van der Waals surface area contributed by atoms with Crippen LogP contribution in [0.3, 0.4) is 0 Å². The van der Waals surface area contributed by atoms with E-state index in [4.69, 9.17) is 0 Å². The summed E-state index contributed by atoms with van der Waals surface area (Å²) in [4.78, 5) is 4.24. The van der Waals surface area contributed by atoms with Crippen molar-refractivity contribution in [3.63, 3.8) is 0 Å². The van der Waals surface area contributed by atoms with Crippen molar-refractivity contribution >= 4 is 20.7 Å². The topological polar surface area (TPSA) is 47.0 Å². The van der Waals surface area contributed by atoms with Crippen LogP contribution in [0.2, 0.25) is 0 Å². The van der Waals surface area contributed by atoms with E-state index in [0.717, 1.165) is 16.5 Å². The van der Waals surface area contributed by atoms with Crippen molar-refractivity contribution < 1.29 is 8.42 Å². The highest BCUT2D eigenvalue weighted by atomic mass is 32.2. The molecule has 0 aliphatic rings. The standard InChI is InChI=1S/C12H13NO2S/c1-16(14,15)9-7-10-6-8-13-12-5-3-2-4-11(10)12/h2-6,8H,7,9H2,1H3. The van der Waals surface area contributed by atoms with Crippen LogP contribution in [0.15, 0.2) is 36.5 Å². The van der Waals surface area contributed by atoms with E-state index < -0.39 is 9.84 Å². The summed E-state index contributed by atoms with van der Waals surface area (Å²) in [6.45, 7) is 0. The van der Waals surface area contributed by atoms with Crippen LogP contribution >= 0.6 is 0 Å². The Morgan fingerprint density at radius 1 is 1.19 bits per heavy atom. The van der Waals surface area contributed by atoms with Gasteiger partial charge in [0.25, 0.3) is 0 Å². The third kappa shape index (κ3) is 2.58. The number of benzene rings is 1. The van der Waals surface area contributed by atoms with Gasteiger partial charge in [-0.3, -0.25) is 4.98 Å². The van der Waals surface area contributed by atoms with E-state index in [1.807, 2.05) is 30.3 Å². The van der Waals surface area contributed by atoms with Crippen molar-refractivity contribution in [2.45, 2.75) is 6.42 Å². The van der Waals surface area contributed by atoms with Crippen molar-refractivity contribution in [2.24, 2.45) is 0 Å². The Hall–Kier alpha value is -1.42. The van der Waals surface area contributed by atoms with E-state index in [1.165, 1.54) is 6.26 Å². The fourth-order valence-electron chi connectivity index (χ4n) is 1.67. The third-order valence-electron chi connectivity index (χ3n) is 2.48. The van der Waals surface area contributed by atoms with E-state index in [-0.39, 0.29) is 5.75 Å². The molecule has 84 valence electrons. The Kier molecular flexibility index (Phi) is 2.92. The van der Waals surface area contributed by atoms with E-state index in [1.54, 1.807) is 6.20 Å². The molecule has 2 rings (SSSR count). The molecule has 0 amide bonds. The quantitative estimate of drug-likeness (QED) is 0.815. The van der Waals surface area contributed by atoms with Gasteiger partial charge in [0.2, 0.25) is 0 Å². The molecule has 0 atom stereocenters. The lowest BCUT2D eigenvalue weighted by atomic mass is 10.1. The number of fused-ring (bicyclic) bond motifs is 1. The predicted octanol–water partition coefficient (Wildman–Crippen LogP) is 1.82. The lowest BCUT2D eigenvalue weighted by molar-refractivity contribution is 0.601. The predicted molar refractivity (Wildman–Crippen MR) is 65.2 cm³/mol. The van der Waals surface area contributed by atoms with Crippen molar-refractivity contribution in [3.8, 4) is 0 Å². The van der Waals surface area contributed by atoms with Crippen LogP contribution in [0.4, 0.5) is 0 Å². The Morgan fingerprint density at radius 2 is 1.94 bits per heavy atom. The first-order valence-corrected chi connectivity index (χ1v) is 7.13. The SMILES string of the molecule is CS(=O)(=O)CCc1ccnc2ccccc12. The van der Waals surface area contributed by atoms with Crippen LogP contribution in [-0.2, 0) is 16.3 Å². The van der Waals surface area contributed by atoms with Crippen LogP contribution in [0.1, 0.15) is 5.56 Å². The average Bonchev–Trinajstić information content (AvgIpc) is 2.25. The smallest absolute Gasteiger partial charge is 0.147 e. The zero-order chi connectivity index (χ0) is 11.6. The molecule has 0 radical (unpaired) electrons. The van der Waals surface area contributed by atoms with Gasteiger partial charge in [0.05, 0.1) is 11.3 Å². The summed E-state index contributed by atoms with van der Waals surface area (Å²) in [5.74, 6) is 0.182. The molecule has 0 bridgehead atoms. The van der Waals surface area contributed by atoms with Crippen LogP contribution in [-0.4, -0.2) is 25.4 Å². The molecule has 0 saturated heterocycles. The fourth-order valence-corrected chi connectivity index (χ4v) is 2.26. The van der Waals surface area contributed by atoms with Crippen LogP contribution in [0.5, 0.6) is 0 Å². The number of nitrogens with zero attached hydrogens (tertiary/aromatic N) is 1. The first-order chi connectivity index (χ1) is 7.56. The number of aromatic nitrogens is 1. The molecule has 0 N–H and O–H groups in total. The van der Waals surface area contributed by atoms with Gasteiger partial charge in [-0.25, -0.2) is 8.42 Å². The number of sulfone groups is 1. The largest absolute Gasteiger partial charge is 0.256 e. The molecule has 1 aromatic carbocycles. The highest BCUT2D eigenvalue weighted by Gasteiger charge is 2.06. The molecule has 16 heavy (non-hydrogen) atoms. The Balaban J connectivity index is 2.38. The van der Waals surface area contributed by atoms with Crippen LogP contribution in [0.25, 0.3) is 10.9 Å². The zero-order valence-corrected chi connectivity index (χ0v) is 9.87. The normalized spacial score (nSPS) is 11.8. The second-order valence-electron chi connectivity index (χ2n) is 3.87. The Bertz CT molecular complexity index is 600. The monoisotopic (exact) mass is 235 g/mol. The minimum absolute atomic E-state index is 0.182. The summed E-state index contributed by atoms with van der Waals surface area (Å²) in [6, 6.07) is 9.65. The molecule has 0 spiro atoms. The summed E-state index contributed by atoms with van der Waals surface area (Å²) in [5.41, 5.74) is 1.95. The number of hydrogen-bond donors (Lipinski definition) is 0. The Morgan fingerprint density at radius 3 is 2.69 bits per heavy atom. The molecule has 3 nitrogen and oxygen atoms in total. The highest BCUT2D eigenvalue weighted by molar-refractivity contribution is 7.90. The maximum Gasteiger partial charge on any atom is 0.147 e. The van der Waals surface area contributed by atoms with Gasteiger partial charge in [-0.1, -0.05) is 18.2 Å². The van der Waals surface area contributed by atoms with Gasteiger partial charge in [0, 0.05) is 17.8 Å². The molecule has 2 aromatic rings. The minimum Gasteiger partial charge on any atom is -0.256 e. The first kappa shape index (κ1) is 11.1. The molecule has 0 fully saturated rings. The van der Waals surface area contributed by atoms with Gasteiger partial charge in [-0.05, 0) is 24.1 Å². The summed E-state index contributed by atoms with van der Waals surface area (Å²) in [6.07, 6.45) is 3.53. The molecule has 0 unspecified atom stereocenters. The van der Waals surface area contributed by atoms with Crippen molar-refractivity contribution in [3.05, 3.63) is 42.1 Å². The number of pyridine rings is 1. The number of aryl methyl sites for hydroxylation is 1. The van der Waals surface area contributed by atoms with Gasteiger partial charge in [-0.2, -0.15) is 0 Å². The molecule has 4 heteroatoms. The number of rotatable bonds is 3. The van der Waals surface area contributed by atoms with Crippen molar-refractivity contribution in [2.75, 3.05) is 12.0 Å². The maximum atomic E-state index is 11.1. The van der Waals surface area contributed by atoms with Crippen molar-refractivity contribution in [1.29, 1.82) is 0 Å². The summed E-state index contributed by atoms with van der Waals surface area (Å²) >= 11 is 0. The lowest BCUT2D eigenvalue weighted by Crippen LogP contribution is -2.06. The molecule has 1 aromatic heterocycles. The van der Waals surface area contributed by atoms with E-state index >= 15 is 0 Å². The van der Waals surface area contributed by atoms with Gasteiger partial charge < -0.3 is 0 Å². The van der Waals surface area contributed by atoms with Gasteiger partial charge >= 0.3 is 0 Å². The molecular weight excluding hydrogens is 222 g/mol. The first-order valence-electron chi connectivity index (χ1n) is 5.06. The van der Waals surface area contributed by atoms with Gasteiger partial charge in [0.15, 0.2) is 0 Å². The van der Waals surface area contributed by atoms with E-state index in [9.17, 15) is 8.42 Å². The number of hydrogen-bond acceptors (Lipinski definition) is 3. The molecule has 0 saturated carbocycles. The van der Waals surface area contributed by atoms with Gasteiger partial charge in [-0.15, -0.1) is 0 Å². The summed E-state index contributed by atoms with van der Waals surface area (Å²) in [7, 11) is -2.91. The number of para-hydroxylation sites is 1. The zero-order valence-electron chi connectivity index (χ0n) is 9.05. The van der Waals surface area contributed by atoms with E-state index in [2.05, 4.69) is 4.98 Å². The summed E-state index contributed by atoms with van der Waals surface area (Å²) in [5, 5.41) is 1.04. The Labute approximate surface area is 95.1 Å². The maximum absolute atomic E-state index is 11.1. The second kappa shape index (κ2) is 4.22. The molecule has 0 aliphatic carbocycles. The third-order valence-corrected chi connectivity index (χ3v) is 3.43. The molecule has 1 heterocycles. The average molecular weight is 235 g/mol. The minimum atomic E-state index is -2.91. The van der Waals surface area contributed by atoms with Gasteiger partial charge in [0.1, 0.15) is 9.84 Å². The second-order valence-corrected chi connectivity index (χ2v) is 6.13. The van der Waals surface area contributed by atoms with Crippen LogP contribution < -0.4 is 0 Å². The highest BCUT2D eigenvalue weighted by Crippen LogP contribution is 2.16. The lowest BCUT2D eigenvalue weighted by Gasteiger charge is -2.04. The van der Waals surface area contributed by atoms with E-state index in [0.29, 0.717) is 6.42 Å². The van der Waals surface area contributed by atoms with Crippen molar-refractivity contribution in [1.82, 2.24) is 4.98 Å². The fraction of sp³-hybridized carbons (Fsp3) is 0.250. The molecular formula is C12H13NO2S. The summed E-state index contributed by atoms with van der Waals surface area (Å²) < 4.78 is 22.3. The molecule has 0 aliphatic heterocycles.